The SMILES string of the molecule is COc1ccc(CCNC(CC(=O)Nc2cccc(O)c2)C(=O)O)cc1OC. The lowest BCUT2D eigenvalue weighted by atomic mass is 10.1. The lowest BCUT2D eigenvalue weighted by molar-refractivity contribution is -0.141. The van der Waals surface area contributed by atoms with E-state index < -0.39 is 17.9 Å². The quantitative estimate of drug-likeness (QED) is 0.492. The van der Waals surface area contributed by atoms with Crippen LogP contribution in [0.2, 0.25) is 0 Å². The largest absolute Gasteiger partial charge is 0.508 e. The molecule has 1 atom stereocenters. The molecule has 0 radical (unpaired) electrons. The van der Waals surface area contributed by atoms with Crippen molar-refractivity contribution in [1.29, 1.82) is 0 Å². The minimum absolute atomic E-state index is 0.0145. The Balaban J connectivity index is 1.89. The maximum absolute atomic E-state index is 12.1. The number of hydrogen-bond acceptors (Lipinski definition) is 6. The monoisotopic (exact) mass is 388 g/mol. The van der Waals surface area contributed by atoms with Gasteiger partial charge < -0.3 is 30.3 Å². The van der Waals surface area contributed by atoms with E-state index in [2.05, 4.69) is 10.6 Å². The van der Waals surface area contributed by atoms with E-state index in [4.69, 9.17) is 9.47 Å². The molecule has 0 bridgehead atoms. The van der Waals surface area contributed by atoms with Crippen LogP contribution in [-0.2, 0) is 16.0 Å². The highest BCUT2D eigenvalue weighted by molar-refractivity contribution is 5.94. The zero-order valence-electron chi connectivity index (χ0n) is 15.8. The molecule has 4 N–H and O–H groups in total. The van der Waals surface area contributed by atoms with Gasteiger partial charge in [0.25, 0.3) is 0 Å². The van der Waals surface area contributed by atoms with Gasteiger partial charge in [-0.05, 0) is 42.8 Å². The van der Waals surface area contributed by atoms with Crippen LogP contribution in [0.25, 0.3) is 0 Å². The van der Waals surface area contributed by atoms with Crippen LogP contribution in [0.15, 0.2) is 42.5 Å². The number of carboxylic acids is 1. The molecule has 1 unspecified atom stereocenters. The third-order valence-electron chi connectivity index (χ3n) is 4.07. The Morgan fingerprint density at radius 3 is 2.46 bits per heavy atom. The first kappa shape index (κ1) is 21.0. The standard InChI is InChI=1S/C20H24N2O6/c1-27-17-7-6-13(10-18(17)28-2)8-9-21-16(20(25)26)12-19(24)22-14-4-3-5-15(23)11-14/h3-7,10-11,16,21,23H,8-9,12H2,1-2H3,(H,22,24)(H,25,26). The molecule has 8 nitrogen and oxygen atoms in total. The zero-order valence-corrected chi connectivity index (χ0v) is 15.8. The number of aromatic hydroxyl groups is 1. The number of rotatable bonds is 10. The molecule has 0 saturated heterocycles. The molecule has 2 aromatic carbocycles. The highest BCUT2D eigenvalue weighted by Crippen LogP contribution is 2.27. The van der Waals surface area contributed by atoms with Gasteiger partial charge in [-0.3, -0.25) is 9.59 Å². The van der Waals surface area contributed by atoms with Crippen molar-refractivity contribution in [2.24, 2.45) is 0 Å². The summed E-state index contributed by atoms with van der Waals surface area (Å²) in [4.78, 5) is 23.5. The van der Waals surface area contributed by atoms with Crippen molar-refractivity contribution in [3.05, 3.63) is 48.0 Å². The molecular formula is C20H24N2O6. The number of methoxy groups -OCH3 is 2. The minimum atomic E-state index is -1.11. The molecule has 0 fully saturated rings. The predicted molar refractivity (Wildman–Crippen MR) is 104 cm³/mol. The maximum atomic E-state index is 12.1. The smallest absolute Gasteiger partial charge is 0.321 e. The summed E-state index contributed by atoms with van der Waals surface area (Å²) in [6.45, 7) is 0.367. The van der Waals surface area contributed by atoms with Gasteiger partial charge in [-0.25, -0.2) is 0 Å². The number of hydrogen-bond donors (Lipinski definition) is 4. The first-order chi connectivity index (χ1) is 13.4. The van der Waals surface area contributed by atoms with Gasteiger partial charge in [0.15, 0.2) is 11.5 Å². The van der Waals surface area contributed by atoms with Crippen LogP contribution in [0.1, 0.15) is 12.0 Å². The Labute approximate surface area is 163 Å². The van der Waals surface area contributed by atoms with Crippen molar-refractivity contribution in [1.82, 2.24) is 5.32 Å². The third kappa shape index (κ3) is 6.17. The zero-order chi connectivity index (χ0) is 20.5. The first-order valence-electron chi connectivity index (χ1n) is 8.69. The second-order valence-corrected chi connectivity index (χ2v) is 6.09. The summed E-state index contributed by atoms with van der Waals surface area (Å²) in [7, 11) is 3.10. The third-order valence-corrected chi connectivity index (χ3v) is 4.07. The fourth-order valence-corrected chi connectivity index (χ4v) is 2.65. The van der Waals surface area contributed by atoms with Gasteiger partial charge in [-0.15, -0.1) is 0 Å². The van der Waals surface area contributed by atoms with Crippen LogP contribution in [0.4, 0.5) is 5.69 Å². The van der Waals surface area contributed by atoms with Gasteiger partial charge in [0.2, 0.25) is 5.91 Å². The van der Waals surface area contributed by atoms with Crippen LogP contribution in [0.5, 0.6) is 17.2 Å². The summed E-state index contributed by atoms with van der Waals surface area (Å²) in [5, 5.41) is 24.2. The molecule has 2 aromatic rings. The Kier molecular flexibility index (Phi) is 7.65. The topological polar surface area (TPSA) is 117 Å². The van der Waals surface area contributed by atoms with Crippen molar-refractivity contribution in [2.75, 3.05) is 26.1 Å². The van der Waals surface area contributed by atoms with Crippen molar-refractivity contribution in [3.8, 4) is 17.2 Å². The van der Waals surface area contributed by atoms with E-state index in [0.29, 0.717) is 30.2 Å². The van der Waals surface area contributed by atoms with Gasteiger partial charge in [0, 0.05) is 11.8 Å². The first-order valence-corrected chi connectivity index (χ1v) is 8.69. The van der Waals surface area contributed by atoms with Gasteiger partial charge in [0.1, 0.15) is 11.8 Å². The molecule has 2 rings (SSSR count). The number of aliphatic carboxylic acids is 1. The Hall–Kier alpha value is -3.26. The van der Waals surface area contributed by atoms with Gasteiger partial charge in [-0.1, -0.05) is 12.1 Å². The number of ether oxygens (including phenoxy) is 2. The molecule has 0 aromatic heterocycles. The van der Waals surface area contributed by atoms with Crippen molar-refractivity contribution in [3.63, 3.8) is 0 Å². The van der Waals surface area contributed by atoms with Crippen LogP contribution in [-0.4, -0.2) is 48.9 Å². The summed E-state index contributed by atoms with van der Waals surface area (Å²) in [5.74, 6) is -0.345. The second-order valence-electron chi connectivity index (χ2n) is 6.09. The second kappa shape index (κ2) is 10.2. The number of amides is 1. The number of phenols is 1. The molecule has 8 heteroatoms. The van der Waals surface area contributed by atoms with Gasteiger partial charge in [-0.2, -0.15) is 0 Å². The normalized spacial score (nSPS) is 11.5. The average Bonchev–Trinajstić information content (AvgIpc) is 2.66. The van der Waals surface area contributed by atoms with E-state index >= 15 is 0 Å². The van der Waals surface area contributed by atoms with E-state index in [1.54, 1.807) is 32.4 Å². The van der Waals surface area contributed by atoms with Crippen LogP contribution < -0.4 is 20.1 Å². The van der Waals surface area contributed by atoms with Crippen LogP contribution >= 0.6 is 0 Å². The number of nitrogens with one attached hydrogen (secondary N) is 2. The number of carbonyl (C=O) groups is 2. The molecule has 150 valence electrons. The molecule has 1 amide bonds. The molecule has 0 saturated carbocycles. The number of carbonyl (C=O) groups excluding carboxylic acids is 1. The Morgan fingerprint density at radius 2 is 1.82 bits per heavy atom. The highest BCUT2D eigenvalue weighted by atomic mass is 16.5. The molecular weight excluding hydrogens is 364 g/mol. The summed E-state index contributed by atoms with van der Waals surface area (Å²) < 4.78 is 10.4. The van der Waals surface area contributed by atoms with E-state index in [-0.39, 0.29) is 12.2 Å². The fourth-order valence-electron chi connectivity index (χ4n) is 2.65. The minimum Gasteiger partial charge on any atom is -0.508 e. The average molecular weight is 388 g/mol. The van der Waals surface area contributed by atoms with Crippen molar-refractivity contribution >= 4 is 17.6 Å². The summed E-state index contributed by atoms with van der Waals surface area (Å²) in [5.41, 5.74) is 1.35. The van der Waals surface area contributed by atoms with E-state index in [9.17, 15) is 19.8 Å². The lowest BCUT2D eigenvalue weighted by Crippen LogP contribution is -2.40. The molecule has 0 aliphatic heterocycles. The van der Waals surface area contributed by atoms with E-state index in [1.165, 1.54) is 12.1 Å². The van der Waals surface area contributed by atoms with Crippen LogP contribution in [0.3, 0.4) is 0 Å². The number of phenolic OH excluding ortho intramolecular Hbond substituents is 1. The fraction of sp³-hybridized carbons (Fsp3) is 0.300. The van der Waals surface area contributed by atoms with Crippen LogP contribution in [0, 0.1) is 0 Å². The summed E-state index contributed by atoms with van der Waals surface area (Å²) in [6.07, 6.45) is 0.315. The molecule has 28 heavy (non-hydrogen) atoms. The van der Waals surface area contributed by atoms with Gasteiger partial charge >= 0.3 is 5.97 Å². The number of benzene rings is 2. The number of carboxylic acid groups (broad SMARTS) is 1. The van der Waals surface area contributed by atoms with E-state index in [1.807, 2.05) is 12.1 Å². The Bertz CT molecular complexity index is 824. The highest BCUT2D eigenvalue weighted by Gasteiger charge is 2.20. The summed E-state index contributed by atoms with van der Waals surface area (Å²) in [6, 6.07) is 10.5. The van der Waals surface area contributed by atoms with Crippen molar-refractivity contribution in [2.45, 2.75) is 18.9 Å². The molecule has 0 aliphatic rings. The van der Waals surface area contributed by atoms with Gasteiger partial charge in [0.05, 0.1) is 20.6 Å². The Morgan fingerprint density at radius 1 is 1.07 bits per heavy atom. The lowest BCUT2D eigenvalue weighted by Gasteiger charge is -2.15. The summed E-state index contributed by atoms with van der Waals surface area (Å²) >= 11 is 0. The maximum Gasteiger partial charge on any atom is 0.321 e. The molecule has 0 heterocycles. The van der Waals surface area contributed by atoms with Crippen molar-refractivity contribution < 1.29 is 29.3 Å². The predicted octanol–water partition coefficient (Wildman–Crippen LogP) is 2.02. The molecule has 0 spiro atoms. The van der Waals surface area contributed by atoms with E-state index in [0.717, 1.165) is 5.56 Å². The number of anilines is 1. The molecule has 0 aliphatic carbocycles.